The molecule has 1 aromatic rings. The van der Waals surface area contributed by atoms with E-state index in [9.17, 15) is 4.79 Å². The van der Waals surface area contributed by atoms with Crippen molar-refractivity contribution in [3.63, 3.8) is 0 Å². The van der Waals surface area contributed by atoms with Crippen molar-refractivity contribution in [1.82, 2.24) is 5.01 Å². The number of carboxylic acid groups (broad SMARTS) is 1. The molecule has 0 aliphatic rings. The molecule has 1 unspecified atom stereocenters. The topological polar surface area (TPSA) is 75.8 Å². The molecule has 1 rings (SSSR count). The molecule has 1 amide bonds. The zero-order valence-corrected chi connectivity index (χ0v) is 9.38. The van der Waals surface area contributed by atoms with E-state index in [2.05, 4.69) is 0 Å². The lowest BCUT2D eigenvalue weighted by molar-refractivity contribution is 0.123. The number of nitrogens with zero attached hydrogens (tertiary/aromatic N) is 1. The van der Waals surface area contributed by atoms with Crippen LogP contribution in [0.1, 0.15) is 24.9 Å². The standard InChI is InChI=1S/C11H16N2O3/c1-3-10(13(12)11(14)15)8-4-6-9(16-2)7-5-8/h4-7,10H,3,12H2,1-2H3,(H,14,15). The second-order valence-electron chi connectivity index (χ2n) is 3.39. The van der Waals surface area contributed by atoms with Crippen molar-refractivity contribution >= 4 is 6.09 Å². The van der Waals surface area contributed by atoms with Crippen molar-refractivity contribution < 1.29 is 14.6 Å². The van der Waals surface area contributed by atoms with Crippen molar-refractivity contribution in [3.05, 3.63) is 29.8 Å². The molecule has 88 valence electrons. The monoisotopic (exact) mass is 224 g/mol. The maximum absolute atomic E-state index is 10.8. The number of rotatable bonds is 4. The van der Waals surface area contributed by atoms with Gasteiger partial charge >= 0.3 is 6.09 Å². The first kappa shape index (κ1) is 12.3. The van der Waals surface area contributed by atoms with Crippen LogP contribution in [0.3, 0.4) is 0 Å². The molecule has 0 aliphatic heterocycles. The largest absolute Gasteiger partial charge is 0.497 e. The Labute approximate surface area is 94.4 Å². The van der Waals surface area contributed by atoms with E-state index in [1.807, 2.05) is 19.1 Å². The highest BCUT2D eigenvalue weighted by Gasteiger charge is 2.19. The minimum atomic E-state index is -1.14. The lowest BCUT2D eigenvalue weighted by Gasteiger charge is -2.24. The van der Waals surface area contributed by atoms with Gasteiger partial charge in [-0.25, -0.2) is 15.6 Å². The van der Waals surface area contributed by atoms with Crippen LogP contribution in [0, 0.1) is 0 Å². The summed E-state index contributed by atoms with van der Waals surface area (Å²) < 4.78 is 5.03. The summed E-state index contributed by atoms with van der Waals surface area (Å²) in [6, 6.07) is 6.87. The van der Waals surface area contributed by atoms with E-state index >= 15 is 0 Å². The molecule has 3 N–H and O–H groups in total. The Balaban J connectivity index is 2.90. The molecule has 0 heterocycles. The van der Waals surface area contributed by atoms with E-state index in [0.29, 0.717) is 6.42 Å². The molecule has 16 heavy (non-hydrogen) atoms. The molecule has 0 radical (unpaired) electrons. The predicted molar refractivity (Wildman–Crippen MR) is 60.1 cm³/mol. The Bertz CT molecular complexity index is 351. The van der Waals surface area contributed by atoms with Crippen molar-refractivity contribution in [2.45, 2.75) is 19.4 Å². The maximum atomic E-state index is 10.8. The second kappa shape index (κ2) is 5.37. The van der Waals surface area contributed by atoms with Crippen LogP contribution in [0.5, 0.6) is 5.75 Å². The number of carbonyl (C=O) groups is 1. The van der Waals surface area contributed by atoms with Crippen molar-refractivity contribution in [2.75, 3.05) is 7.11 Å². The van der Waals surface area contributed by atoms with Gasteiger partial charge < -0.3 is 9.84 Å². The van der Waals surface area contributed by atoms with Crippen molar-refractivity contribution in [2.24, 2.45) is 5.84 Å². The Morgan fingerprint density at radius 3 is 2.44 bits per heavy atom. The van der Waals surface area contributed by atoms with Gasteiger partial charge in [0.2, 0.25) is 0 Å². The normalized spacial score (nSPS) is 11.9. The van der Waals surface area contributed by atoms with Crippen molar-refractivity contribution in [1.29, 1.82) is 0 Å². The molecule has 1 aromatic carbocycles. The van der Waals surface area contributed by atoms with Crippen LogP contribution in [-0.4, -0.2) is 23.3 Å². The van der Waals surface area contributed by atoms with Crippen molar-refractivity contribution in [3.8, 4) is 5.75 Å². The molecule has 5 heteroatoms. The van der Waals surface area contributed by atoms with E-state index in [-0.39, 0.29) is 6.04 Å². The van der Waals surface area contributed by atoms with Gasteiger partial charge in [-0.2, -0.15) is 0 Å². The van der Waals surface area contributed by atoms with Crippen LogP contribution in [0.2, 0.25) is 0 Å². The Morgan fingerprint density at radius 1 is 1.50 bits per heavy atom. The number of methoxy groups -OCH3 is 1. The third-order valence-electron chi connectivity index (χ3n) is 2.44. The minimum absolute atomic E-state index is 0.330. The third kappa shape index (κ3) is 2.64. The summed E-state index contributed by atoms with van der Waals surface area (Å²) in [6.45, 7) is 1.89. The summed E-state index contributed by atoms with van der Waals surface area (Å²) in [5, 5.41) is 9.64. The summed E-state index contributed by atoms with van der Waals surface area (Å²) in [6.07, 6.45) is -0.516. The summed E-state index contributed by atoms with van der Waals surface area (Å²) in [4.78, 5) is 10.8. The van der Waals surface area contributed by atoms with Crippen LogP contribution in [0.4, 0.5) is 4.79 Å². The molecule has 0 fully saturated rings. The van der Waals surface area contributed by atoms with Gasteiger partial charge in [-0.1, -0.05) is 19.1 Å². The Morgan fingerprint density at radius 2 is 2.06 bits per heavy atom. The minimum Gasteiger partial charge on any atom is -0.497 e. The Kier molecular flexibility index (Phi) is 4.13. The van der Waals surface area contributed by atoms with Gasteiger partial charge in [-0.3, -0.25) is 0 Å². The van der Waals surface area contributed by atoms with E-state index in [4.69, 9.17) is 15.7 Å². The Hall–Kier alpha value is -1.75. The molecule has 0 aromatic heterocycles. The molecule has 0 aliphatic carbocycles. The van der Waals surface area contributed by atoms with E-state index < -0.39 is 6.09 Å². The lowest BCUT2D eigenvalue weighted by atomic mass is 10.0. The summed E-state index contributed by atoms with van der Waals surface area (Å²) in [7, 11) is 1.58. The average Bonchev–Trinajstić information content (AvgIpc) is 2.30. The summed E-state index contributed by atoms with van der Waals surface area (Å²) in [5.74, 6) is 6.21. The predicted octanol–water partition coefficient (Wildman–Crippen LogP) is 2.00. The smallest absolute Gasteiger partial charge is 0.422 e. The first-order valence-corrected chi connectivity index (χ1v) is 5.01. The molecule has 0 saturated carbocycles. The van der Waals surface area contributed by atoms with Gasteiger partial charge in [0.1, 0.15) is 5.75 Å². The number of hydrogen-bond donors (Lipinski definition) is 2. The van der Waals surface area contributed by atoms with Crippen LogP contribution >= 0.6 is 0 Å². The van der Waals surface area contributed by atoms with E-state index in [1.54, 1.807) is 19.2 Å². The number of ether oxygens (including phenoxy) is 1. The third-order valence-corrected chi connectivity index (χ3v) is 2.44. The highest BCUT2D eigenvalue weighted by Crippen LogP contribution is 2.23. The zero-order chi connectivity index (χ0) is 12.1. The molecule has 0 spiro atoms. The number of nitrogens with two attached hydrogens (primary N) is 1. The average molecular weight is 224 g/mol. The van der Waals surface area contributed by atoms with Crippen LogP contribution in [-0.2, 0) is 0 Å². The van der Waals surface area contributed by atoms with Gasteiger partial charge in [-0.05, 0) is 24.1 Å². The molecular formula is C11H16N2O3. The highest BCUT2D eigenvalue weighted by atomic mass is 16.5. The highest BCUT2D eigenvalue weighted by molar-refractivity contribution is 5.64. The van der Waals surface area contributed by atoms with Crippen LogP contribution in [0.15, 0.2) is 24.3 Å². The maximum Gasteiger partial charge on any atom is 0.422 e. The molecule has 0 bridgehead atoms. The fourth-order valence-corrected chi connectivity index (χ4v) is 1.55. The molecular weight excluding hydrogens is 208 g/mol. The number of hydrogen-bond acceptors (Lipinski definition) is 3. The number of benzene rings is 1. The quantitative estimate of drug-likeness (QED) is 0.466. The first-order valence-electron chi connectivity index (χ1n) is 5.01. The number of hydrazine groups is 1. The fourth-order valence-electron chi connectivity index (χ4n) is 1.55. The van der Waals surface area contributed by atoms with Crippen LogP contribution in [0.25, 0.3) is 0 Å². The van der Waals surface area contributed by atoms with E-state index in [1.165, 1.54) is 0 Å². The van der Waals surface area contributed by atoms with E-state index in [0.717, 1.165) is 16.3 Å². The van der Waals surface area contributed by atoms with Gasteiger partial charge in [-0.15, -0.1) is 0 Å². The summed E-state index contributed by atoms with van der Waals surface area (Å²) in [5.41, 5.74) is 0.855. The lowest BCUT2D eigenvalue weighted by Crippen LogP contribution is -2.39. The van der Waals surface area contributed by atoms with Crippen LogP contribution < -0.4 is 10.6 Å². The number of amides is 1. The fraction of sp³-hybridized carbons (Fsp3) is 0.364. The molecule has 5 nitrogen and oxygen atoms in total. The van der Waals surface area contributed by atoms with Gasteiger partial charge in [0, 0.05) is 0 Å². The zero-order valence-electron chi connectivity index (χ0n) is 9.38. The second-order valence-corrected chi connectivity index (χ2v) is 3.39. The molecule has 0 saturated heterocycles. The first-order chi connectivity index (χ1) is 7.60. The van der Waals surface area contributed by atoms with Gasteiger partial charge in [0.15, 0.2) is 0 Å². The van der Waals surface area contributed by atoms with Gasteiger partial charge in [0.05, 0.1) is 13.2 Å². The molecule has 1 atom stereocenters. The van der Waals surface area contributed by atoms with Gasteiger partial charge in [0.25, 0.3) is 0 Å². The SMILES string of the molecule is CCC(c1ccc(OC)cc1)N(N)C(=O)O. The summed E-state index contributed by atoms with van der Waals surface area (Å²) >= 11 is 0.